The molecule has 1 heterocycles. The number of carboxylic acids is 1. The number of carbonyl (C=O) groups excluding carboxylic acids is 2. The standard InChI is InChI=1S/C14H14F2N2O4/c1-7-9(4-5-18(7)13(20)14(21)22)12(19)17-8-2-3-10(15)11(16)6-8/h2-3,6-7,9H,4-5H2,1H3,(H,17,19)(H,21,22)/t7-,9-/m0/s1. The Bertz CT molecular complexity index is 635. The van der Waals surface area contributed by atoms with Crippen LogP contribution in [0.1, 0.15) is 13.3 Å². The smallest absolute Gasteiger partial charge is 0.394 e. The van der Waals surface area contributed by atoms with Crippen molar-refractivity contribution in [3.05, 3.63) is 29.8 Å². The van der Waals surface area contributed by atoms with Crippen LogP contribution in [0.3, 0.4) is 0 Å². The van der Waals surface area contributed by atoms with Crippen molar-refractivity contribution in [1.29, 1.82) is 0 Å². The number of hydrogen-bond donors (Lipinski definition) is 2. The zero-order chi connectivity index (χ0) is 16.4. The van der Waals surface area contributed by atoms with E-state index >= 15 is 0 Å². The predicted octanol–water partition coefficient (Wildman–Crippen LogP) is 1.22. The minimum Gasteiger partial charge on any atom is -0.474 e. The molecule has 1 aliphatic rings. The summed E-state index contributed by atoms with van der Waals surface area (Å²) in [6, 6.07) is 2.38. The van der Waals surface area contributed by atoms with E-state index in [1.165, 1.54) is 6.07 Å². The van der Waals surface area contributed by atoms with E-state index in [9.17, 15) is 23.2 Å². The van der Waals surface area contributed by atoms with Crippen molar-refractivity contribution in [1.82, 2.24) is 4.90 Å². The molecule has 1 saturated heterocycles. The number of rotatable bonds is 2. The van der Waals surface area contributed by atoms with Crippen LogP contribution in [0.4, 0.5) is 14.5 Å². The fourth-order valence-electron chi connectivity index (χ4n) is 2.51. The molecular formula is C14H14F2N2O4. The third kappa shape index (κ3) is 3.05. The molecule has 2 N–H and O–H groups in total. The van der Waals surface area contributed by atoms with Crippen molar-refractivity contribution >= 4 is 23.5 Å². The molecule has 2 atom stereocenters. The molecule has 118 valence electrons. The molecule has 1 aliphatic heterocycles. The van der Waals surface area contributed by atoms with Crippen LogP contribution in [0.5, 0.6) is 0 Å². The van der Waals surface area contributed by atoms with Crippen molar-refractivity contribution in [3.63, 3.8) is 0 Å². The van der Waals surface area contributed by atoms with Crippen molar-refractivity contribution < 1.29 is 28.3 Å². The molecule has 0 saturated carbocycles. The second kappa shape index (κ2) is 6.08. The van der Waals surface area contributed by atoms with E-state index in [-0.39, 0.29) is 12.2 Å². The monoisotopic (exact) mass is 312 g/mol. The molecule has 0 radical (unpaired) electrons. The van der Waals surface area contributed by atoms with Crippen LogP contribution in [0.25, 0.3) is 0 Å². The van der Waals surface area contributed by atoms with E-state index in [0.717, 1.165) is 17.0 Å². The highest BCUT2D eigenvalue weighted by molar-refractivity contribution is 6.31. The van der Waals surface area contributed by atoms with Gasteiger partial charge in [-0.1, -0.05) is 0 Å². The lowest BCUT2D eigenvalue weighted by Gasteiger charge is -2.22. The van der Waals surface area contributed by atoms with Gasteiger partial charge in [-0.15, -0.1) is 0 Å². The highest BCUT2D eigenvalue weighted by atomic mass is 19.2. The summed E-state index contributed by atoms with van der Waals surface area (Å²) in [5.41, 5.74) is 0.0964. The molecule has 22 heavy (non-hydrogen) atoms. The lowest BCUT2D eigenvalue weighted by molar-refractivity contribution is -0.156. The van der Waals surface area contributed by atoms with Crippen LogP contribution in [-0.2, 0) is 14.4 Å². The maximum absolute atomic E-state index is 13.1. The summed E-state index contributed by atoms with van der Waals surface area (Å²) in [4.78, 5) is 35.4. The molecule has 0 aromatic heterocycles. The molecule has 2 rings (SSSR count). The number of halogens is 2. The Morgan fingerprint density at radius 1 is 1.27 bits per heavy atom. The maximum Gasteiger partial charge on any atom is 0.394 e. The van der Waals surface area contributed by atoms with Gasteiger partial charge in [-0.3, -0.25) is 9.59 Å². The summed E-state index contributed by atoms with van der Waals surface area (Å²) in [6.07, 6.45) is 0.301. The normalized spacial score (nSPS) is 20.8. The summed E-state index contributed by atoms with van der Waals surface area (Å²) in [5, 5.41) is 11.1. The fourth-order valence-corrected chi connectivity index (χ4v) is 2.51. The Morgan fingerprint density at radius 2 is 1.95 bits per heavy atom. The first kappa shape index (κ1) is 15.9. The lowest BCUT2D eigenvalue weighted by Crippen LogP contribution is -2.42. The van der Waals surface area contributed by atoms with Gasteiger partial charge in [0.1, 0.15) is 0 Å². The van der Waals surface area contributed by atoms with Crippen molar-refractivity contribution in [2.75, 3.05) is 11.9 Å². The van der Waals surface area contributed by atoms with Crippen LogP contribution in [0.2, 0.25) is 0 Å². The van der Waals surface area contributed by atoms with Gasteiger partial charge in [0, 0.05) is 24.3 Å². The van der Waals surface area contributed by atoms with Gasteiger partial charge in [0.2, 0.25) is 5.91 Å². The molecule has 6 nitrogen and oxygen atoms in total. The van der Waals surface area contributed by atoms with Gasteiger partial charge in [-0.05, 0) is 25.5 Å². The first-order chi connectivity index (χ1) is 10.3. The summed E-state index contributed by atoms with van der Waals surface area (Å²) in [7, 11) is 0. The quantitative estimate of drug-likeness (QED) is 0.804. The average Bonchev–Trinajstić information content (AvgIpc) is 2.83. The molecule has 1 aromatic carbocycles. The Labute approximate surface area is 124 Å². The second-order valence-corrected chi connectivity index (χ2v) is 5.06. The van der Waals surface area contributed by atoms with Gasteiger partial charge in [-0.25, -0.2) is 13.6 Å². The topological polar surface area (TPSA) is 86.7 Å². The van der Waals surface area contributed by atoms with Crippen LogP contribution in [0, 0.1) is 17.6 Å². The van der Waals surface area contributed by atoms with Gasteiger partial charge in [-0.2, -0.15) is 0 Å². The number of carboxylic acid groups (broad SMARTS) is 1. The number of anilines is 1. The fraction of sp³-hybridized carbons (Fsp3) is 0.357. The Balaban J connectivity index is 2.06. The van der Waals surface area contributed by atoms with Gasteiger partial charge in [0.25, 0.3) is 0 Å². The van der Waals surface area contributed by atoms with Gasteiger partial charge in [0.05, 0.1) is 5.92 Å². The number of likely N-dealkylation sites (tertiary alicyclic amines) is 1. The predicted molar refractivity (Wildman–Crippen MR) is 71.9 cm³/mol. The largest absolute Gasteiger partial charge is 0.474 e. The molecule has 2 amide bonds. The Kier molecular flexibility index (Phi) is 4.39. The summed E-state index contributed by atoms with van der Waals surface area (Å²) < 4.78 is 25.9. The van der Waals surface area contributed by atoms with Crippen LogP contribution in [-0.4, -0.2) is 40.4 Å². The molecule has 1 aromatic rings. The Morgan fingerprint density at radius 3 is 2.55 bits per heavy atom. The molecule has 0 unspecified atom stereocenters. The third-order valence-electron chi connectivity index (χ3n) is 3.72. The highest BCUT2D eigenvalue weighted by Crippen LogP contribution is 2.26. The van der Waals surface area contributed by atoms with Crippen LogP contribution < -0.4 is 5.32 Å². The van der Waals surface area contributed by atoms with E-state index in [1.54, 1.807) is 6.92 Å². The molecule has 0 spiro atoms. The summed E-state index contributed by atoms with van der Waals surface area (Å²) in [6.45, 7) is 1.73. The molecule has 0 aliphatic carbocycles. The van der Waals surface area contributed by atoms with E-state index in [2.05, 4.69) is 5.32 Å². The van der Waals surface area contributed by atoms with Gasteiger partial charge < -0.3 is 15.3 Å². The molecular weight excluding hydrogens is 298 g/mol. The Hall–Kier alpha value is -2.51. The summed E-state index contributed by atoms with van der Waals surface area (Å²) in [5.74, 6) is -5.83. The number of nitrogens with one attached hydrogen (secondary N) is 1. The number of nitrogens with zero attached hydrogens (tertiary/aromatic N) is 1. The van der Waals surface area contributed by atoms with Crippen molar-refractivity contribution in [3.8, 4) is 0 Å². The highest BCUT2D eigenvalue weighted by Gasteiger charge is 2.40. The van der Waals surface area contributed by atoms with Crippen LogP contribution >= 0.6 is 0 Å². The second-order valence-electron chi connectivity index (χ2n) is 5.06. The number of hydrogen-bond acceptors (Lipinski definition) is 3. The number of aliphatic carboxylic acids is 1. The SMILES string of the molecule is C[C@H]1[C@@H](C(=O)Nc2ccc(F)c(F)c2)CCN1C(=O)C(=O)O. The maximum atomic E-state index is 13.1. The molecule has 1 fully saturated rings. The minimum atomic E-state index is -1.58. The number of carbonyl (C=O) groups is 3. The van der Waals surface area contributed by atoms with Crippen LogP contribution in [0.15, 0.2) is 18.2 Å². The number of amides is 2. The van der Waals surface area contributed by atoms with E-state index in [4.69, 9.17) is 5.11 Å². The molecule has 8 heteroatoms. The minimum absolute atomic E-state index is 0.0964. The van der Waals surface area contributed by atoms with E-state index in [0.29, 0.717) is 6.42 Å². The molecule has 0 bridgehead atoms. The zero-order valence-electron chi connectivity index (χ0n) is 11.7. The van der Waals surface area contributed by atoms with Crippen molar-refractivity contribution in [2.24, 2.45) is 5.92 Å². The third-order valence-corrected chi connectivity index (χ3v) is 3.72. The van der Waals surface area contributed by atoms with Crippen molar-refractivity contribution in [2.45, 2.75) is 19.4 Å². The van der Waals surface area contributed by atoms with Gasteiger partial charge in [0.15, 0.2) is 11.6 Å². The van der Waals surface area contributed by atoms with E-state index < -0.39 is 41.4 Å². The zero-order valence-corrected chi connectivity index (χ0v) is 11.7. The first-order valence-electron chi connectivity index (χ1n) is 6.61. The number of benzene rings is 1. The average molecular weight is 312 g/mol. The first-order valence-corrected chi connectivity index (χ1v) is 6.61. The van der Waals surface area contributed by atoms with Gasteiger partial charge >= 0.3 is 11.9 Å². The lowest BCUT2D eigenvalue weighted by atomic mass is 10.0. The summed E-state index contributed by atoms with van der Waals surface area (Å²) >= 11 is 0. The van der Waals surface area contributed by atoms with E-state index in [1.807, 2.05) is 0 Å².